The lowest BCUT2D eigenvalue weighted by molar-refractivity contribution is -0.135. The first-order valence-electron chi connectivity index (χ1n) is 12.5. The van der Waals surface area contributed by atoms with Gasteiger partial charge in [0, 0.05) is 30.6 Å². The van der Waals surface area contributed by atoms with Crippen molar-refractivity contribution in [3.63, 3.8) is 0 Å². The number of piperidine rings is 3. The highest BCUT2D eigenvalue weighted by atomic mass is 16.4. The molecule has 4 atom stereocenters. The second-order valence-electron chi connectivity index (χ2n) is 10.4. The van der Waals surface area contributed by atoms with Gasteiger partial charge in [0.05, 0.1) is 18.0 Å². The van der Waals surface area contributed by atoms with E-state index in [0.29, 0.717) is 29.0 Å². The normalized spacial score (nSPS) is 29.4. The Labute approximate surface area is 193 Å². The summed E-state index contributed by atoms with van der Waals surface area (Å²) in [6.45, 7) is 4.91. The first-order valence-corrected chi connectivity index (χ1v) is 12.5. The van der Waals surface area contributed by atoms with Gasteiger partial charge in [-0.3, -0.25) is 9.69 Å². The van der Waals surface area contributed by atoms with Crippen LogP contribution in [0.4, 0.5) is 0 Å². The fourth-order valence-electron chi connectivity index (χ4n) is 7.09. The molecule has 2 aromatic rings. The van der Waals surface area contributed by atoms with E-state index in [1.807, 2.05) is 6.92 Å². The van der Waals surface area contributed by atoms with E-state index in [1.165, 1.54) is 43.9 Å². The van der Waals surface area contributed by atoms with Crippen LogP contribution in [0, 0.1) is 18.8 Å². The highest BCUT2D eigenvalue weighted by molar-refractivity contribution is 5.85. The van der Waals surface area contributed by atoms with Crippen molar-refractivity contribution in [2.45, 2.75) is 64.0 Å². The van der Waals surface area contributed by atoms with E-state index in [0.717, 1.165) is 36.9 Å². The molecule has 0 unspecified atom stereocenters. The number of rotatable bonds is 2. The van der Waals surface area contributed by atoms with Gasteiger partial charge in [-0.25, -0.2) is 4.79 Å². The van der Waals surface area contributed by atoms with Gasteiger partial charge in [-0.1, -0.05) is 18.1 Å². The third kappa shape index (κ3) is 3.50. The Hall–Kier alpha value is -2.60. The monoisotopic (exact) mass is 448 g/mol. The molecule has 174 valence electrons. The average Bonchev–Trinajstić information content (AvgIpc) is 2.81. The molecule has 1 N–H and O–H groups in total. The average molecular weight is 449 g/mol. The summed E-state index contributed by atoms with van der Waals surface area (Å²) in [5.74, 6) is 1.21. The fourth-order valence-corrected chi connectivity index (χ4v) is 7.09. The van der Waals surface area contributed by atoms with Crippen LogP contribution >= 0.6 is 0 Å². The predicted octanol–water partition coefficient (Wildman–Crippen LogP) is 3.77. The second-order valence-corrected chi connectivity index (χ2v) is 10.4. The highest BCUT2D eigenvalue weighted by Crippen LogP contribution is 2.45. The van der Waals surface area contributed by atoms with Gasteiger partial charge in [-0.05, 0) is 75.1 Å². The zero-order valence-corrected chi connectivity index (χ0v) is 19.3. The number of carbonyl (C=O) groups is 1. The van der Waals surface area contributed by atoms with Crippen molar-refractivity contribution < 1.29 is 14.3 Å². The van der Waals surface area contributed by atoms with Crippen molar-refractivity contribution in [1.82, 2.24) is 9.80 Å². The number of hydrogen-bond donors (Lipinski definition) is 1. The van der Waals surface area contributed by atoms with Gasteiger partial charge >= 0.3 is 5.63 Å². The minimum absolute atomic E-state index is 0.0262. The molecule has 4 aliphatic rings. The number of likely N-dealkylation sites (tertiary alicyclic amines) is 1. The molecular weight excluding hydrogens is 416 g/mol. The van der Waals surface area contributed by atoms with E-state index < -0.39 is 5.63 Å². The summed E-state index contributed by atoms with van der Waals surface area (Å²) in [7, 11) is 0. The summed E-state index contributed by atoms with van der Waals surface area (Å²) in [4.78, 5) is 31.1. The molecule has 3 aliphatic heterocycles. The van der Waals surface area contributed by atoms with Crippen LogP contribution in [0.1, 0.15) is 49.7 Å². The standard InChI is InChI=1S/C27H32N2O4/c1-16-21-8-7-20(30)13-24(21)33-27(32)22(16)14-25(31)29-10-4-5-17-11-18-12-19(26(17)29)15-28-9-3-2-6-23(18)28/h7-8,11,13,18-19,23,26,30H,2-6,9-10,12,14-15H2,1H3/t18-,19+,23-,26-/m1/s1. The zero-order chi connectivity index (χ0) is 22.7. The highest BCUT2D eigenvalue weighted by Gasteiger charge is 2.46. The summed E-state index contributed by atoms with van der Waals surface area (Å²) >= 11 is 0. The zero-order valence-electron chi connectivity index (χ0n) is 19.3. The van der Waals surface area contributed by atoms with E-state index in [2.05, 4.69) is 15.9 Å². The van der Waals surface area contributed by atoms with Crippen LogP contribution in [-0.2, 0) is 11.2 Å². The summed E-state index contributed by atoms with van der Waals surface area (Å²) in [6, 6.07) is 5.65. The smallest absolute Gasteiger partial charge is 0.340 e. The molecule has 1 aromatic carbocycles. The van der Waals surface area contributed by atoms with Crippen molar-refractivity contribution in [3.05, 3.63) is 51.4 Å². The van der Waals surface area contributed by atoms with Crippen LogP contribution in [0.5, 0.6) is 5.75 Å². The molecule has 4 heterocycles. The molecule has 1 amide bonds. The molecule has 6 rings (SSSR count). The minimum Gasteiger partial charge on any atom is -0.508 e. The SMILES string of the molecule is Cc1c(CC(=O)N2CCCC3=C[C@@H]4C[C@@H](CN5CCCC[C@H]45)[C@@H]32)c(=O)oc2cc(O)ccc12. The van der Waals surface area contributed by atoms with Crippen LogP contribution in [-0.4, -0.2) is 52.5 Å². The van der Waals surface area contributed by atoms with Gasteiger partial charge in [-0.15, -0.1) is 0 Å². The molecule has 1 aliphatic carbocycles. The molecule has 2 bridgehead atoms. The molecule has 1 aromatic heterocycles. The van der Waals surface area contributed by atoms with Crippen LogP contribution in [0.2, 0.25) is 0 Å². The van der Waals surface area contributed by atoms with E-state index in [1.54, 1.807) is 12.1 Å². The summed E-state index contributed by atoms with van der Waals surface area (Å²) in [5.41, 5.74) is 2.53. The van der Waals surface area contributed by atoms with Gasteiger partial charge in [0.25, 0.3) is 0 Å². The fraction of sp³-hybridized carbons (Fsp3) is 0.556. The number of hydrogen-bond acceptors (Lipinski definition) is 5. The Balaban J connectivity index is 1.30. The third-order valence-corrected chi connectivity index (χ3v) is 8.58. The molecule has 3 fully saturated rings. The Morgan fingerprint density at radius 1 is 1.21 bits per heavy atom. The number of phenolic OH excluding ortho intramolecular Hbond substituents is 1. The molecular formula is C27H32N2O4. The van der Waals surface area contributed by atoms with Crippen LogP contribution in [0.15, 0.2) is 39.1 Å². The molecule has 6 heteroatoms. The summed E-state index contributed by atoms with van der Waals surface area (Å²) < 4.78 is 5.47. The number of aromatic hydroxyl groups is 1. The van der Waals surface area contributed by atoms with Crippen molar-refractivity contribution in [3.8, 4) is 5.75 Å². The third-order valence-electron chi connectivity index (χ3n) is 8.58. The number of phenols is 1. The molecule has 0 radical (unpaired) electrons. The van der Waals surface area contributed by atoms with Gasteiger partial charge in [-0.2, -0.15) is 0 Å². The Bertz CT molecular complexity index is 1200. The molecule has 0 spiro atoms. The van der Waals surface area contributed by atoms with E-state index in [-0.39, 0.29) is 24.1 Å². The van der Waals surface area contributed by atoms with Crippen molar-refractivity contribution in [2.75, 3.05) is 19.6 Å². The second kappa shape index (κ2) is 8.01. The number of benzene rings is 1. The first-order chi connectivity index (χ1) is 16.0. The maximum Gasteiger partial charge on any atom is 0.340 e. The van der Waals surface area contributed by atoms with Crippen molar-refractivity contribution in [1.29, 1.82) is 0 Å². The van der Waals surface area contributed by atoms with Gasteiger partial charge in [0.1, 0.15) is 11.3 Å². The number of aryl methyl sites for hydroxylation is 1. The van der Waals surface area contributed by atoms with E-state index >= 15 is 0 Å². The van der Waals surface area contributed by atoms with Crippen molar-refractivity contribution >= 4 is 16.9 Å². The Kier molecular flexibility index (Phi) is 5.09. The van der Waals surface area contributed by atoms with Crippen LogP contribution in [0.25, 0.3) is 11.0 Å². The maximum atomic E-state index is 13.6. The topological polar surface area (TPSA) is 74.0 Å². The lowest BCUT2D eigenvalue weighted by Crippen LogP contribution is -2.60. The lowest BCUT2D eigenvalue weighted by Gasteiger charge is -2.54. The minimum atomic E-state index is -0.482. The number of carbonyl (C=O) groups excluding carboxylic acids is 1. The number of fused-ring (bicyclic) bond motifs is 7. The summed E-state index contributed by atoms with van der Waals surface area (Å²) in [5, 5.41) is 10.5. The molecule has 3 saturated heterocycles. The predicted molar refractivity (Wildman–Crippen MR) is 126 cm³/mol. The van der Waals surface area contributed by atoms with Gasteiger partial charge in [0.2, 0.25) is 5.91 Å². The quantitative estimate of drug-likeness (QED) is 0.559. The van der Waals surface area contributed by atoms with E-state index in [9.17, 15) is 14.7 Å². The summed E-state index contributed by atoms with van der Waals surface area (Å²) in [6.07, 6.45) is 9.79. The Morgan fingerprint density at radius 2 is 2.09 bits per heavy atom. The van der Waals surface area contributed by atoms with Gasteiger partial charge < -0.3 is 14.4 Å². The molecule has 6 nitrogen and oxygen atoms in total. The van der Waals surface area contributed by atoms with E-state index in [4.69, 9.17) is 4.42 Å². The number of amides is 1. The van der Waals surface area contributed by atoms with Crippen LogP contribution < -0.4 is 5.63 Å². The van der Waals surface area contributed by atoms with Crippen molar-refractivity contribution in [2.24, 2.45) is 11.8 Å². The first kappa shape index (κ1) is 21.0. The maximum absolute atomic E-state index is 13.6. The number of nitrogens with zero attached hydrogens (tertiary/aromatic N) is 2. The molecule has 0 saturated carbocycles. The van der Waals surface area contributed by atoms with Crippen LogP contribution in [0.3, 0.4) is 0 Å². The van der Waals surface area contributed by atoms with Gasteiger partial charge in [0.15, 0.2) is 0 Å². The molecule has 33 heavy (non-hydrogen) atoms. The lowest BCUT2D eigenvalue weighted by atomic mass is 9.68. The Morgan fingerprint density at radius 3 is 2.97 bits per heavy atom. The largest absolute Gasteiger partial charge is 0.508 e.